The van der Waals surface area contributed by atoms with Crippen molar-refractivity contribution in [3.63, 3.8) is 0 Å². The van der Waals surface area contributed by atoms with Gasteiger partial charge < -0.3 is 14.9 Å². The first-order valence-electron chi connectivity index (χ1n) is 11.5. The van der Waals surface area contributed by atoms with E-state index >= 15 is 0 Å². The molecular weight excluding hydrogens is 449 g/mol. The van der Waals surface area contributed by atoms with Crippen molar-refractivity contribution in [2.75, 3.05) is 4.90 Å². The van der Waals surface area contributed by atoms with Crippen molar-refractivity contribution >= 4 is 61.2 Å². The second kappa shape index (κ2) is 9.04. The lowest BCUT2D eigenvalue weighted by Gasteiger charge is -2.26. The SMILES string of the molecule is OB(O)c1cccc(N(c2cccc(-c3ccccc3)c2)c2ccc3sc4ccccc4c3c2)c1. The number of fused-ring (bicyclic) bond motifs is 3. The molecule has 1 aromatic heterocycles. The fourth-order valence-corrected chi connectivity index (χ4v) is 5.67. The van der Waals surface area contributed by atoms with Crippen LogP contribution in [-0.2, 0) is 0 Å². The summed E-state index contributed by atoms with van der Waals surface area (Å²) >= 11 is 1.80. The molecule has 0 bridgehead atoms. The first-order valence-corrected chi connectivity index (χ1v) is 12.3. The predicted molar refractivity (Wildman–Crippen MR) is 149 cm³/mol. The van der Waals surface area contributed by atoms with Crippen molar-refractivity contribution < 1.29 is 10.0 Å². The Labute approximate surface area is 208 Å². The molecule has 0 amide bonds. The van der Waals surface area contributed by atoms with Gasteiger partial charge in [0.25, 0.3) is 0 Å². The maximum atomic E-state index is 9.83. The summed E-state index contributed by atoms with van der Waals surface area (Å²) in [6, 6.07) is 41.2. The summed E-state index contributed by atoms with van der Waals surface area (Å²) in [5, 5.41) is 22.1. The molecule has 2 N–H and O–H groups in total. The Kier molecular flexibility index (Phi) is 5.59. The van der Waals surface area contributed by atoms with Gasteiger partial charge in [0.15, 0.2) is 0 Å². The molecule has 0 aliphatic carbocycles. The highest BCUT2D eigenvalue weighted by Crippen LogP contribution is 2.41. The normalized spacial score (nSPS) is 11.1. The number of hydrogen-bond acceptors (Lipinski definition) is 4. The molecule has 35 heavy (non-hydrogen) atoms. The van der Waals surface area contributed by atoms with E-state index < -0.39 is 7.12 Å². The van der Waals surface area contributed by atoms with Gasteiger partial charge in [-0.15, -0.1) is 11.3 Å². The smallest absolute Gasteiger partial charge is 0.423 e. The second-order valence-electron chi connectivity index (χ2n) is 8.50. The van der Waals surface area contributed by atoms with Crippen LogP contribution in [0.3, 0.4) is 0 Å². The first-order chi connectivity index (χ1) is 17.2. The molecule has 0 spiro atoms. The zero-order valence-electron chi connectivity index (χ0n) is 18.9. The van der Waals surface area contributed by atoms with Crippen molar-refractivity contribution in [1.29, 1.82) is 0 Å². The number of hydrogen-bond donors (Lipinski definition) is 2. The van der Waals surface area contributed by atoms with Crippen molar-refractivity contribution in [3.8, 4) is 11.1 Å². The minimum Gasteiger partial charge on any atom is -0.423 e. The molecule has 1 heterocycles. The Morgan fingerprint density at radius 3 is 2.00 bits per heavy atom. The largest absolute Gasteiger partial charge is 0.488 e. The van der Waals surface area contributed by atoms with Crippen LogP contribution in [0.1, 0.15) is 0 Å². The van der Waals surface area contributed by atoms with Crippen LogP contribution in [0.25, 0.3) is 31.3 Å². The zero-order chi connectivity index (χ0) is 23.8. The number of thiophene rings is 1. The van der Waals surface area contributed by atoms with E-state index in [1.165, 1.54) is 20.2 Å². The van der Waals surface area contributed by atoms with Gasteiger partial charge in [-0.1, -0.05) is 72.8 Å². The lowest BCUT2D eigenvalue weighted by Crippen LogP contribution is -2.30. The standard InChI is InChI=1S/C30H22BNO2S/c33-31(34)23-11-7-13-25(19-23)32(24-12-6-10-22(18-24)21-8-2-1-3-9-21)26-16-17-30-28(20-26)27-14-4-5-15-29(27)35-30/h1-20,33-34H. The van der Waals surface area contributed by atoms with Crippen LogP contribution in [0.2, 0.25) is 0 Å². The van der Waals surface area contributed by atoms with Gasteiger partial charge in [-0.2, -0.15) is 0 Å². The van der Waals surface area contributed by atoms with E-state index in [1.807, 2.05) is 36.4 Å². The third kappa shape index (κ3) is 4.11. The Balaban J connectivity index is 1.56. The monoisotopic (exact) mass is 471 g/mol. The average Bonchev–Trinajstić information content (AvgIpc) is 3.28. The molecule has 168 valence electrons. The molecule has 0 unspecified atom stereocenters. The Bertz CT molecular complexity index is 1650. The molecule has 5 heteroatoms. The minimum absolute atomic E-state index is 0.453. The molecule has 0 fully saturated rings. The fraction of sp³-hybridized carbons (Fsp3) is 0. The molecule has 6 aromatic rings. The van der Waals surface area contributed by atoms with Gasteiger partial charge in [0, 0.05) is 37.2 Å². The molecule has 3 nitrogen and oxygen atoms in total. The highest BCUT2D eigenvalue weighted by molar-refractivity contribution is 7.25. The molecule has 0 aliphatic rings. The topological polar surface area (TPSA) is 43.7 Å². The Hall–Kier alpha value is -3.90. The van der Waals surface area contributed by atoms with Crippen molar-refractivity contribution in [1.82, 2.24) is 0 Å². The van der Waals surface area contributed by atoms with Crippen LogP contribution < -0.4 is 10.4 Å². The molecule has 0 saturated carbocycles. The van der Waals surface area contributed by atoms with Gasteiger partial charge in [0.05, 0.1) is 0 Å². The molecule has 0 aliphatic heterocycles. The number of anilines is 3. The average molecular weight is 471 g/mol. The maximum absolute atomic E-state index is 9.83. The van der Waals surface area contributed by atoms with E-state index in [4.69, 9.17) is 0 Å². The van der Waals surface area contributed by atoms with Crippen LogP contribution in [-0.4, -0.2) is 17.2 Å². The summed E-state index contributed by atoms with van der Waals surface area (Å²) in [5.74, 6) is 0. The van der Waals surface area contributed by atoms with Crippen LogP contribution in [0.4, 0.5) is 17.1 Å². The maximum Gasteiger partial charge on any atom is 0.488 e. The summed E-state index contributed by atoms with van der Waals surface area (Å²) < 4.78 is 2.51. The Morgan fingerprint density at radius 2 is 1.17 bits per heavy atom. The molecule has 6 rings (SSSR count). The van der Waals surface area contributed by atoms with Gasteiger partial charge in [-0.3, -0.25) is 0 Å². The molecule has 0 saturated heterocycles. The van der Waals surface area contributed by atoms with Gasteiger partial charge >= 0.3 is 7.12 Å². The summed E-state index contributed by atoms with van der Waals surface area (Å²) in [6.07, 6.45) is 0. The summed E-state index contributed by atoms with van der Waals surface area (Å²) in [4.78, 5) is 2.17. The lowest BCUT2D eigenvalue weighted by molar-refractivity contribution is 0.426. The van der Waals surface area contributed by atoms with Gasteiger partial charge in [-0.05, 0) is 65.1 Å². The van der Waals surface area contributed by atoms with Gasteiger partial charge in [-0.25, -0.2) is 0 Å². The van der Waals surface area contributed by atoms with Gasteiger partial charge in [0.1, 0.15) is 0 Å². The van der Waals surface area contributed by atoms with Gasteiger partial charge in [0.2, 0.25) is 0 Å². The highest BCUT2D eigenvalue weighted by Gasteiger charge is 2.18. The van der Waals surface area contributed by atoms with Crippen molar-refractivity contribution in [2.24, 2.45) is 0 Å². The number of benzene rings is 5. The van der Waals surface area contributed by atoms with E-state index in [2.05, 4.69) is 83.8 Å². The Morgan fingerprint density at radius 1 is 0.514 bits per heavy atom. The first kappa shape index (κ1) is 21.6. The second-order valence-corrected chi connectivity index (χ2v) is 9.58. The third-order valence-corrected chi connectivity index (χ3v) is 7.41. The van der Waals surface area contributed by atoms with Crippen LogP contribution in [0.15, 0.2) is 121 Å². The molecule has 5 aromatic carbocycles. The van der Waals surface area contributed by atoms with E-state index in [0.29, 0.717) is 5.46 Å². The van der Waals surface area contributed by atoms with Crippen LogP contribution in [0, 0.1) is 0 Å². The van der Waals surface area contributed by atoms with Crippen LogP contribution in [0.5, 0.6) is 0 Å². The van der Waals surface area contributed by atoms with Crippen LogP contribution >= 0.6 is 11.3 Å². The fourth-order valence-electron chi connectivity index (χ4n) is 4.58. The summed E-state index contributed by atoms with van der Waals surface area (Å²) in [5.41, 5.74) is 5.58. The van der Waals surface area contributed by atoms with E-state index in [-0.39, 0.29) is 0 Å². The third-order valence-electron chi connectivity index (χ3n) is 6.26. The summed E-state index contributed by atoms with van der Waals surface area (Å²) in [6.45, 7) is 0. The van der Waals surface area contributed by atoms with E-state index in [9.17, 15) is 10.0 Å². The molecule has 0 radical (unpaired) electrons. The highest BCUT2D eigenvalue weighted by atomic mass is 32.1. The number of rotatable bonds is 5. The minimum atomic E-state index is -1.53. The van der Waals surface area contributed by atoms with E-state index in [1.54, 1.807) is 17.4 Å². The van der Waals surface area contributed by atoms with Crippen molar-refractivity contribution in [2.45, 2.75) is 0 Å². The van der Waals surface area contributed by atoms with E-state index in [0.717, 1.165) is 28.2 Å². The van der Waals surface area contributed by atoms with Crippen molar-refractivity contribution in [3.05, 3.63) is 121 Å². The quantitative estimate of drug-likeness (QED) is 0.270. The summed E-state index contributed by atoms with van der Waals surface area (Å²) in [7, 11) is -1.53. The zero-order valence-corrected chi connectivity index (χ0v) is 19.7. The predicted octanol–water partition coefficient (Wildman–Crippen LogP) is 6.87. The molecule has 0 atom stereocenters. The number of nitrogens with zero attached hydrogens (tertiary/aromatic N) is 1. The lowest BCUT2D eigenvalue weighted by atomic mass is 9.80. The molecular formula is C30H22BNO2S.